The van der Waals surface area contributed by atoms with Crippen LogP contribution in [0.5, 0.6) is 0 Å². The van der Waals surface area contributed by atoms with Crippen molar-refractivity contribution >= 4 is 27.8 Å². The van der Waals surface area contributed by atoms with Gasteiger partial charge in [-0.15, -0.1) is 0 Å². The largest absolute Gasteiger partial charge is 0.452 e. The first-order valence-corrected chi connectivity index (χ1v) is 5.51. The molecule has 1 heterocycles. The van der Waals surface area contributed by atoms with Crippen LogP contribution in [0.15, 0.2) is 18.3 Å². The normalized spacial score (nSPS) is 10.6. The molecule has 0 saturated heterocycles. The first-order valence-electron chi connectivity index (χ1n) is 4.03. The number of amides is 1. The minimum atomic E-state index is -4.04. The van der Waals surface area contributed by atoms with Crippen LogP contribution < -0.4 is 15.2 Å². The van der Waals surface area contributed by atoms with E-state index in [0.29, 0.717) is 5.69 Å². The van der Waals surface area contributed by atoms with Gasteiger partial charge in [-0.2, -0.15) is 8.42 Å². The van der Waals surface area contributed by atoms with E-state index >= 15 is 0 Å². The first kappa shape index (κ1) is 12.0. The van der Waals surface area contributed by atoms with Gasteiger partial charge < -0.3 is 10.5 Å². The molecule has 0 fully saturated rings. The number of methoxy groups -OCH3 is 1. The molecule has 0 spiro atoms. The average molecular weight is 246 g/mol. The zero-order valence-electron chi connectivity index (χ0n) is 8.30. The predicted octanol–water partition coefficient (Wildman–Crippen LogP) is -0.324. The number of carbonyl (C=O) groups is 1. The second-order valence-electron chi connectivity index (χ2n) is 2.68. The molecule has 8 nitrogen and oxygen atoms in total. The summed E-state index contributed by atoms with van der Waals surface area (Å²) in [6.45, 7) is 0. The summed E-state index contributed by atoms with van der Waals surface area (Å²) in [5.41, 5.74) is 5.76. The molecule has 0 unspecified atom stereocenters. The van der Waals surface area contributed by atoms with Crippen molar-refractivity contribution < 1.29 is 17.9 Å². The molecule has 0 aromatic carbocycles. The molecule has 4 N–H and O–H groups in total. The minimum Gasteiger partial charge on any atom is -0.452 e. The van der Waals surface area contributed by atoms with Crippen molar-refractivity contribution in [1.82, 2.24) is 9.71 Å². The quantitative estimate of drug-likeness (QED) is 0.671. The van der Waals surface area contributed by atoms with Crippen molar-refractivity contribution in [3.63, 3.8) is 0 Å². The van der Waals surface area contributed by atoms with E-state index in [-0.39, 0.29) is 5.82 Å². The van der Waals surface area contributed by atoms with Crippen LogP contribution in [-0.2, 0) is 14.9 Å². The van der Waals surface area contributed by atoms with E-state index in [9.17, 15) is 13.2 Å². The number of carbonyl (C=O) groups excluding carboxylic acids is 1. The zero-order valence-corrected chi connectivity index (χ0v) is 9.11. The van der Waals surface area contributed by atoms with E-state index in [4.69, 9.17) is 5.73 Å². The van der Waals surface area contributed by atoms with Gasteiger partial charge in [0.1, 0.15) is 5.82 Å². The number of hydrogen-bond acceptors (Lipinski definition) is 6. The number of ether oxygens (including phenoxy) is 1. The Morgan fingerprint density at radius 2 is 2.19 bits per heavy atom. The first-order chi connectivity index (χ1) is 7.43. The van der Waals surface area contributed by atoms with E-state index < -0.39 is 16.3 Å². The van der Waals surface area contributed by atoms with Gasteiger partial charge in [-0.3, -0.25) is 4.72 Å². The Balaban J connectivity index is 2.73. The fourth-order valence-corrected chi connectivity index (χ4v) is 1.53. The summed E-state index contributed by atoms with van der Waals surface area (Å²) in [4.78, 5) is 14.4. The number of anilines is 2. The average Bonchev–Trinajstić information content (AvgIpc) is 2.20. The van der Waals surface area contributed by atoms with Crippen LogP contribution in [0.2, 0.25) is 0 Å². The molecular formula is C7H10N4O4S. The standard InChI is InChI=1S/C7H10N4O4S/c1-15-7(12)11-16(13,14)10-6-3-2-5(8)4-9-6/h2-4H,8H2,1H3,(H,9,10)(H,11,12). The summed E-state index contributed by atoms with van der Waals surface area (Å²) < 4.78 is 30.3. The monoisotopic (exact) mass is 246 g/mol. The molecule has 1 rings (SSSR count). The molecule has 0 atom stereocenters. The van der Waals surface area contributed by atoms with Crippen molar-refractivity contribution in [3.8, 4) is 0 Å². The Bertz CT molecular complexity index is 470. The Labute approximate surface area is 92.0 Å². The highest BCUT2D eigenvalue weighted by molar-refractivity contribution is 7.91. The van der Waals surface area contributed by atoms with Crippen LogP contribution >= 0.6 is 0 Å². The van der Waals surface area contributed by atoms with Crippen molar-refractivity contribution in [3.05, 3.63) is 18.3 Å². The minimum absolute atomic E-state index is 0.0330. The number of rotatable bonds is 3. The number of nitrogens with two attached hydrogens (primary N) is 1. The van der Waals surface area contributed by atoms with E-state index in [0.717, 1.165) is 7.11 Å². The summed E-state index contributed by atoms with van der Waals surface area (Å²) >= 11 is 0. The van der Waals surface area contributed by atoms with Crippen LogP contribution in [0.1, 0.15) is 0 Å². The SMILES string of the molecule is COC(=O)NS(=O)(=O)Nc1ccc(N)cn1. The smallest absolute Gasteiger partial charge is 0.422 e. The van der Waals surface area contributed by atoms with Gasteiger partial charge >= 0.3 is 16.3 Å². The van der Waals surface area contributed by atoms with Crippen LogP contribution in [0.4, 0.5) is 16.3 Å². The number of nitrogens with zero attached hydrogens (tertiary/aromatic N) is 1. The molecule has 16 heavy (non-hydrogen) atoms. The maximum Gasteiger partial charge on any atom is 0.422 e. The van der Waals surface area contributed by atoms with Crippen LogP contribution in [0, 0.1) is 0 Å². The lowest BCUT2D eigenvalue weighted by Gasteiger charge is -2.07. The Hall–Kier alpha value is -2.03. The van der Waals surface area contributed by atoms with Gasteiger partial charge in [0.05, 0.1) is 19.0 Å². The molecular weight excluding hydrogens is 236 g/mol. The lowest BCUT2D eigenvalue weighted by atomic mass is 10.4. The van der Waals surface area contributed by atoms with Gasteiger partial charge in [-0.05, 0) is 12.1 Å². The van der Waals surface area contributed by atoms with Crippen LogP contribution in [0.3, 0.4) is 0 Å². The van der Waals surface area contributed by atoms with E-state index in [1.807, 2.05) is 4.72 Å². The Morgan fingerprint density at radius 3 is 2.69 bits per heavy atom. The summed E-state index contributed by atoms with van der Waals surface area (Å²) in [6.07, 6.45) is 0.179. The highest BCUT2D eigenvalue weighted by Gasteiger charge is 2.14. The van der Waals surface area contributed by atoms with E-state index in [2.05, 4.69) is 9.72 Å². The van der Waals surface area contributed by atoms with E-state index in [1.165, 1.54) is 18.3 Å². The second kappa shape index (κ2) is 4.66. The highest BCUT2D eigenvalue weighted by Crippen LogP contribution is 2.06. The number of hydrogen-bond donors (Lipinski definition) is 3. The van der Waals surface area contributed by atoms with Gasteiger partial charge in [0.2, 0.25) is 0 Å². The lowest BCUT2D eigenvalue weighted by Crippen LogP contribution is -2.35. The third kappa shape index (κ3) is 3.61. The molecule has 0 aliphatic heterocycles. The number of nitrogens with one attached hydrogen (secondary N) is 2. The number of pyridine rings is 1. The van der Waals surface area contributed by atoms with Gasteiger partial charge in [-0.1, -0.05) is 0 Å². The van der Waals surface area contributed by atoms with Crippen molar-refractivity contribution in [2.45, 2.75) is 0 Å². The maximum atomic E-state index is 11.3. The summed E-state index contributed by atoms with van der Waals surface area (Å²) in [5.74, 6) is 0.0330. The fourth-order valence-electron chi connectivity index (χ4n) is 0.780. The van der Waals surface area contributed by atoms with Crippen LogP contribution in [-0.4, -0.2) is 26.6 Å². The topological polar surface area (TPSA) is 123 Å². The van der Waals surface area contributed by atoms with Crippen molar-refractivity contribution in [2.75, 3.05) is 17.6 Å². The molecule has 0 aliphatic rings. The lowest BCUT2D eigenvalue weighted by molar-refractivity contribution is 0.177. The summed E-state index contributed by atoms with van der Waals surface area (Å²) in [6, 6.07) is 2.81. The predicted molar refractivity (Wildman–Crippen MR) is 56.7 cm³/mol. The molecule has 0 saturated carbocycles. The Kier molecular flexibility index (Phi) is 3.51. The van der Waals surface area contributed by atoms with Gasteiger partial charge in [0, 0.05) is 0 Å². The fraction of sp³-hybridized carbons (Fsp3) is 0.143. The third-order valence-corrected chi connectivity index (χ3v) is 2.34. The molecule has 88 valence electrons. The van der Waals surface area contributed by atoms with Gasteiger partial charge in [-0.25, -0.2) is 14.5 Å². The van der Waals surface area contributed by atoms with Gasteiger partial charge in [0.15, 0.2) is 0 Å². The van der Waals surface area contributed by atoms with E-state index in [1.54, 1.807) is 4.72 Å². The second-order valence-corrected chi connectivity index (χ2v) is 4.09. The number of nitrogen functional groups attached to an aromatic ring is 1. The van der Waals surface area contributed by atoms with Gasteiger partial charge in [0.25, 0.3) is 0 Å². The summed E-state index contributed by atoms with van der Waals surface area (Å²) in [5, 5.41) is 0. The van der Waals surface area contributed by atoms with Crippen molar-refractivity contribution in [2.24, 2.45) is 0 Å². The van der Waals surface area contributed by atoms with Crippen LogP contribution in [0.25, 0.3) is 0 Å². The Morgan fingerprint density at radius 1 is 1.50 bits per heavy atom. The third-order valence-electron chi connectivity index (χ3n) is 1.43. The molecule has 0 radical (unpaired) electrons. The molecule has 0 bridgehead atoms. The molecule has 1 amide bonds. The molecule has 9 heteroatoms. The maximum absolute atomic E-state index is 11.3. The van der Waals surface area contributed by atoms with Crippen molar-refractivity contribution in [1.29, 1.82) is 0 Å². The molecule has 0 aliphatic carbocycles. The molecule has 1 aromatic rings. The highest BCUT2D eigenvalue weighted by atomic mass is 32.2. The summed E-state index contributed by atoms with van der Waals surface area (Å²) in [7, 11) is -2.99. The number of aromatic nitrogens is 1. The molecule has 1 aromatic heterocycles. The zero-order chi connectivity index (χ0) is 12.2.